The molecule has 7 heteroatoms. The Morgan fingerprint density at radius 2 is 1.90 bits per heavy atom. The van der Waals surface area contributed by atoms with Crippen LogP contribution in [-0.2, 0) is 6.54 Å². The van der Waals surface area contributed by atoms with E-state index >= 15 is 0 Å². The van der Waals surface area contributed by atoms with Gasteiger partial charge in [0.1, 0.15) is 12.4 Å². The largest absolute Gasteiger partial charge is 0.497 e. The number of methoxy groups -OCH3 is 1. The number of hydrogen-bond acceptors (Lipinski definition) is 5. The lowest BCUT2D eigenvalue weighted by Crippen LogP contribution is -2.24. The van der Waals surface area contributed by atoms with Gasteiger partial charge in [0, 0.05) is 16.7 Å². The van der Waals surface area contributed by atoms with Crippen molar-refractivity contribution >= 4 is 17.4 Å². The van der Waals surface area contributed by atoms with E-state index < -0.39 is 0 Å². The molecule has 3 rings (SSSR count). The standard InChI is InChI=1S/C23H21ClN2O4/c1-4-11-30-23-21(20-12-17(24)7-10-19(20)15(2)27)13-22(28)26(25-23)14-16-5-8-18(29-3)9-6-16/h4-10,12-13H,1,11,14H2,2-3H3. The molecule has 0 amide bonds. The molecule has 0 fully saturated rings. The number of carbonyl (C=O) groups is 1. The van der Waals surface area contributed by atoms with Crippen LogP contribution in [0.4, 0.5) is 0 Å². The van der Waals surface area contributed by atoms with Crippen LogP contribution in [0, 0.1) is 0 Å². The predicted octanol–water partition coefficient (Wildman–Crippen LogP) is 4.39. The van der Waals surface area contributed by atoms with Gasteiger partial charge in [0.15, 0.2) is 5.78 Å². The molecule has 0 saturated heterocycles. The first-order valence-corrected chi connectivity index (χ1v) is 9.60. The number of halogens is 1. The lowest BCUT2D eigenvalue weighted by Gasteiger charge is -2.14. The molecule has 0 aliphatic carbocycles. The molecule has 0 saturated carbocycles. The Morgan fingerprint density at radius 1 is 1.17 bits per heavy atom. The molecule has 0 atom stereocenters. The lowest BCUT2D eigenvalue weighted by molar-refractivity contribution is 0.101. The Bertz CT molecular complexity index is 1140. The molecule has 3 aromatic rings. The van der Waals surface area contributed by atoms with Crippen molar-refractivity contribution in [2.24, 2.45) is 0 Å². The average Bonchev–Trinajstić information content (AvgIpc) is 2.74. The number of rotatable bonds is 8. The third-order valence-corrected chi connectivity index (χ3v) is 4.68. The van der Waals surface area contributed by atoms with Gasteiger partial charge in [-0.1, -0.05) is 36.4 Å². The normalized spacial score (nSPS) is 10.5. The SMILES string of the molecule is C=CCOc1nn(Cc2ccc(OC)cc2)c(=O)cc1-c1cc(Cl)ccc1C(C)=O. The first-order valence-electron chi connectivity index (χ1n) is 9.22. The fourth-order valence-electron chi connectivity index (χ4n) is 2.97. The Morgan fingerprint density at radius 3 is 2.53 bits per heavy atom. The van der Waals surface area contributed by atoms with Gasteiger partial charge in [-0.25, -0.2) is 4.68 Å². The predicted molar refractivity (Wildman–Crippen MR) is 117 cm³/mol. The van der Waals surface area contributed by atoms with Gasteiger partial charge in [-0.2, -0.15) is 0 Å². The number of benzene rings is 2. The zero-order valence-corrected chi connectivity index (χ0v) is 17.5. The summed E-state index contributed by atoms with van der Waals surface area (Å²) in [7, 11) is 1.59. The fraction of sp³-hybridized carbons (Fsp3) is 0.174. The lowest BCUT2D eigenvalue weighted by atomic mass is 9.98. The molecule has 0 aliphatic rings. The van der Waals surface area contributed by atoms with Gasteiger partial charge >= 0.3 is 0 Å². The van der Waals surface area contributed by atoms with Crippen LogP contribution in [0.5, 0.6) is 11.6 Å². The molecule has 0 aliphatic heterocycles. The summed E-state index contributed by atoms with van der Waals surface area (Å²) < 4.78 is 12.2. The van der Waals surface area contributed by atoms with Crippen molar-refractivity contribution in [1.82, 2.24) is 9.78 Å². The van der Waals surface area contributed by atoms with Gasteiger partial charge in [0.05, 0.1) is 19.2 Å². The average molecular weight is 425 g/mol. The number of ketones is 1. The highest BCUT2D eigenvalue weighted by atomic mass is 35.5. The van der Waals surface area contributed by atoms with Gasteiger partial charge < -0.3 is 9.47 Å². The Hall–Kier alpha value is -3.38. The molecular formula is C23H21ClN2O4. The van der Waals surface area contributed by atoms with Gasteiger partial charge in [0.2, 0.25) is 5.88 Å². The number of Topliss-reactive ketones (excluding diaryl/α,β-unsaturated/α-hetero) is 1. The summed E-state index contributed by atoms with van der Waals surface area (Å²) >= 11 is 6.15. The number of ether oxygens (including phenoxy) is 2. The molecule has 6 nitrogen and oxygen atoms in total. The highest BCUT2D eigenvalue weighted by Gasteiger charge is 2.18. The van der Waals surface area contributed by atoms with E-state index in [0.29, 0.717) is 21.7 Å². The number of hydrogen-bond donors (Lipinski definition) is 0. The van der Waals surface area contributed by atoms with Crippen molar-refractivity contribution in [2.75, 3.05) is 13.7 Å². The minimum absolute atomic E-state index is 0.154. The van der Waals surface area contributed by atoms with Crippen LogP contribution >= 0.6 is 11.6 Å². The molecule has 0 unspecified atom stereocenters. The van der Waals surface area contributed by atoms with Crippen LogP contribution in [0.1, 0.15) is 22.8 Å². The van der Waals surface area contributed by atoms with Crippen LogP contribution in [0.2, 0.25) is 5.02 Å². The number of nitrogens with zero attached hydrogens (tertiary/aromatic N) is 2. The summed E-state index contributed by atoms with van der Waals surface area (Å²) in [6.45, 7) is 5.55. The maximum atomic E-state index is 12.8. The van der Waals surface area contributed by atoms with E-state index in [9.17, 15) is 9.59 Å². The molecule has 0 bridgehead atoms. The van der Waals surface area contributed by atoms with Crippen LogP contribution in [-0.4, -0.2) is 29.3 Å². The summed E-state index contributed by atoms with van der Waals surface area (Å²) in [6.07, 6.45) is 1.58. The van der Waals surface area contributed by atoms with Crippen molar-refractivity contribution in [1.29, 1.82) is 0 Å². The van der Waals surface area contributed by atoms with Crippen LogP contribution in [0.3, 0.4) is 0 Å². The summed E-state index contributed by atoms with van der Waals surface area (Å²) in [5.74, 6) is 0.786. The molecule has 2 aromatic carbocycles. The van der Waals surface area contributed by atoms with Gasteiger partial charge in [-0.3, -0.25) is 9.59 Å². The van der Waals surface area contributed by atoms with Crippen molar-refractivity contribution in [3.05, 3.63) is 87.7 Å². The van der Waals surface area contributed by atoms with E-state index in [4.69, 9.17) is 21.1 Å². The number of carbonyl (C=O) groups excluding carboxylic acids is 1. The molecule has 0 radical (unpaired) electrons. The van der Waals surface area contributed by atoms with E-state index in [0.717, 1.165) is 11.3 Å². The summed E-state index contributed by atoms with van der Waals surface area (Å²) in [6, 6.07) is 13.6. The second-order valence-electron chi connectivity index (χ2n) is 6.55. The minimum atomic E-state index is -0.332. The Balaban J connectivity index is 2.10. The highest BCUT2D eigenvalue weighted by molar-refractivity contribution is 6.31. The molecular weight excluding hydrogens is 404 g/mol. The smallest absolute Gasteiger partial charge is 0.267 e. The first kappa shape index (κ1) is 21.3. The van der Waals surface area contributed by atoms with Crippen molar-refractivity contribution in [3.63, 3.8) is 0 Å². The third kappa shape index (κ3) is 4.78. The molecule has 154 valence electrons. The summed E-state index contributed by atoms with van der Waals surface area (Å²) in [4.78, 5) is 24.9. The van der Waals surface area contributed by atoms with Gasteiger partial charge in [-0.05, 0) is 48.4 Å². The minimum Gasteiger partial charge on any atom is -0.497 e. The van der Waals surface area contributed by atoms with Gasteiger partial charge in [0.25, 0.3) is 5.56 Å². The van der Waals surface area contributed by atoms with E-state index in [2.05, 4.69) is 11.7 Å². The van der Waals surface area contributed by atoms with Gasteiger partial charge in [-0.15, -0.1) is 5.10 Å². The maximum absolute atomic E-state index is 12.8. The second kappa shape index (κ2) is 9.41. The molecule has 30 heavy (non-hydrogen) atoms. The summed E-state index contributed by atoms with van der Waals surface area (Å²) in [5.41, 5.74) is 1.87. The Kier molecular flexibility index (Phi) is 6.69. The van der Waals surface area contributed by atoms with Crippen molar-refractivity contribution < 1.29 is 14.3 Å². The van der Waals surface area contributed by atoms with Crippen molar-refractivity contribution in [3.8, 4) is 22.8 Å². The van der Waals surface area contributed by atoms with Crippen LogP contribution in [0.25, 0.3) is 11.1 Å². The Labute approximate surface area is 179 Å². The first-order chi connectivity index (χ1) is 14.4. The molecule has 0 N–H and O–H groups in total. The number of aromatic nitrogens is 2. The zero-order chi connectivity index (χ0) is 21.7. The van der Waals surface area contributed by atoms with E-state index in [-0.39, 0.29) is 30.4 Å². The van der Waals surface area contributed by atoms with Crippen LogP contribution < -0.4 is 15.0 Å². The third-order valence-electron chi connectivity index (χ3n) is 4.44. The van der Waals surface area contributed by atoms with Crippen molar-refractivity contribution in [2.45, 2.75) is 13.5 Å². The van der Waals surface area contributed by atoms with E-state index in [1.54, 1.807) is 31.4 Å². The topological polar surface area (TPSA) is 70.4 Å². The monoisotopic (exact) mass is 424 g/mol. The molecule has 0 spiro atoms. The van der Waals surface area contributed by atoms with Crippen LogP contribution in [0.15, 0.2) is 66.0 Å². The van der Waals surface area contributed by atoms with E-state index in [1.165, 1.54) is 17.7 Å². The molecule has 1 aromatic heterocycles. The summed E-state index contributed by atoms with van der Waals surface area (Å²) in [5, 5.41) is 4.84. The highest BCUT2D eigenvalue weighted by Crippen LogP contribution is 2.32. The second-order valence-corrected chi connectivity index (χ2v) is 6.99. The fourth-order valence-corrected chi connectivity index (χ4v) is 3.15. The quantitative estimate of drug-likeness (QED) is 0.396. The zero-order valence-electron chi connectivity index (χ0n) is 16.7. The van der Waals surface area contributed by atoms with E-state index in [1.807, 2.05) is 24.3 Å². The maximum Gasteiger partial charge on any atom is 0.267 e. The molecule has 1 heterocycles.